The number of nitrogens with zero attached hydrogens (tertiary/aromatic N) is 3. The molecule has 1 aromatic carbocycles. The molecule has 2 aromatic rings. The molecule has 1 unspecified atom stereocenters. The van der Waals surface area contributed by atoms with Gasteiger partial charge in [-0.25, -0.2) is 4.68 Å². The molecule has 1 aliphatic heterocycles. The second-order valence-corrected chi connectivity index (χ2v) is 6.58. The Hall–Kier alpha value is -1.49. The van der Waals surface area contributed by atoms with Crippen LogP contribution in [0.25, 0.3) is 0 Å². The van der Waals surface area contributed by atoms with Gasteiger partial charge < -0.3 is 5.43 Å². The SMILES string of the molecule is Cc1nnc2n1NC(c1ccc3c(c1)CCCC3)CS2. The van der Waals surface area contributed by atoms with Crippen molar-refractivity contribution in [2.24, 2.45) is 0 Å². The summed E-state index contributed by atoms with van der Waals surface area (Å²) in [5, 5.41) is 9.26. The number of hydrogen-bond donors (Lipinski definition) is 1. The van der Waals surface area contributed by atoms with E-state index >= 15 is 0 Å². The Balaban J connectivity index is 1.64. The molecule has 2 aliphatic rings. The quantitative estimate of drug-likeness (QED) is 0.875. The van der Waals surface area contributed by atoms with E-state index < -0.39 is 0 Å². The molecule has 20 heavy (non-hydrogen) atoms. The Morgan fingerprint density at radius 1 is 1.20 bits per heavy atom. The highest BCUT2D eigenvalue weighted by Crippen LogP contribution is 2.31. The first kappa shape index (κ1) is 12.3. The summed E-state index contributed by atoms with van der Waals surface area (Å²) in [6, 6.07) is 7.35. The van der Waals surface area contributed by atoms with Crippen molar-refractivity contribution < 1.29 is 0 Å². The summed E-state index contributed by atoms with van der Waals surface area (Å²) < 4.78 is 2.01. The van der Waals surface area contributed by atoms with E-state index in [-0.39, 0.29) is 0 Å². The maximum absolute atomic E-state index is 4.17. The van der Waals surface area contributed by atoms with Gasteiger partial charge in [0.05, 0.1) is 6.04 Å². The van der Waals surface area contributed by atoms with Gasteiger partial charge in [0.2, 0.25) is 5.16 Å². The van der Waals surface area contributed by atoms with Crippen molar-refractivity contribution >= 4 is 11.8 Å². The fourth-order valence-electron chi connectivity index (χ4n) is 3.08. The van der Waals surface area contributed by atoms with Gasteiger partial charge in [-0.05, 0) is 49.3 Å². The first-order valence-electron chi connectivity index (χ1n) is 7.24. The van der Waals surface area contributed by atoms with Gasteiger partial charge in [-0.3, -0.25) is 0 Å². The molecule has 1 aliphatic carbocycles. The van der Waals surface area contributed by atoms with E-state index in [9.17, 15) is 0 Å². The van der Waals surface area contributed by atoms with Gasteiger partial charge in [0.15, 0.2) is 0 Å². The van der Waals surface area contributed by atoms with Gasteiger partial charge in [-0.2, -0.15) is 0 Å². The third-order valence-electron chi connectivity index (χ3n) is 4.23. The summed E-state index contributed by atoms with van der Waals surface area (Å²) in [4.78, 5) is 0. The Kier molecular flexibility index (Phi) is 2.95. The summed E-state index contributed by atoms with van der Waals surface area (Å²) in [5.74, 6) is 1.94. The van der Waals surface area contributed by atoms with Gasteiger partial charge >= 0.3 is 0 Å². The highest BCUT2D eigenvalue weighted by Gasteiger charge is 2.23. The van der Waals surface area contributed by atoms with E-state index in [0.29, 0.717) is 6.04 Å². The molecule has 0 radical (unpaired) electrons. The molecule has 104 valence electrons. The van der Waals surface area contributed by atoms with Crippen molar-refractivity contribution in [1.29, 1.82) is 0 Å². The van der Waals surface area contributed by atoms with Crippen molar-refractivity contribution in [2.45, 2.75) is 43.8 Å². The topological polar surface area (TPSA) is 42.7 Å². The van der Waals surface area contributed by atoms with Crippen LogP contribution in [0, 0.1) is 6.92 Å². The Morgan fingerprint density at radius 3 is 2.95 bits per heavy atom. The van der Waals surface area contributed by atoms with E-state index in [1.807, 2.05) is 11.6 Å². The fourth-order valence-corrected chi connectivity index (χ4v) is 4.07. The van der Waals surface area contributed by atoms with E-state index in [4.69, 9.17) is 0 Å². The normalized spacial score (nSPS) is 20.9. The molecule has 0 spiro atoms. The second-order valence-electron chi connectivity index (χ2n) is 5.59. The van der Waals surface area contributed by atoms with Crippen LogP contribution in [0.4, 0.5) is 0 Å². The zero-order valence-electron chi connectivity index (χ0n) is 11.6. The number of aromatic nitrogens is 3. The van der Waals surface area contributed by atoms with Crippen LogP contribution in [-0.2, 0) is 12.8 Å². The molecule has 1 N–H and O–H groups in total. The number of hydrogen-bond acceptors (Lipinski definition) is 4. The van der Waals surface area contributed by atoms with E-state index in [2.05, 4.69) is 33.8 Å². The summed E-state index contributed by atoms with van der Waals surface area (Å²) in [6.45, 7) is 1.99. The molecule has 4 nitrogen and oxygen atoms in total. The lowest BCUT2D eigenvalue weighted by atomic mass is 9.89. The Labute approximate surface area is 123 Å². The van der Waals surface area contributed by atoms with Crippen molar-refractivity contribution in [3.05, 3.63) is 40.7 Å². The Morgan fingerprint density at radius 2 is 2.05 bits per heavy atom. The van der Waals surface area contributed by atoms with E-state index in [1.54, 1.807) is 22.9 Å². The van der Waals surface area contributed by atoms with Gasteiger partial charge in [-0.15, -0.1) is 10.2 Å². The summed E-state index contributed by atoms with van der Waals surface area (Å²) in [6.07, 6.45) is 5.15. The third kappa shape index (κ3) is 2.00. The number of thioether (sulfide) groups is 1. The second kappa shape index (κ2) is 4.81. The average Bonchev–Trinajstić information content (AvgIpc) is 2.88. The predicted molar refractivity (Wildman–Crippen MR) is 80.7 cm³/mol. The Bertz CT molecular complexity index is 649. The lowest BCUT2D eigenvalue weighted by Gasteiger charge is -2.27. The molecular weight excluding hydrogens is 268 g/mol. The summed E-state index contributed by atoms with van der Waals surface area (Å²) in [7, 11) is 0. The van der Waals surface area contributed by atoms with Gasteiger partial charge in [-0.1, -0.05) is 30.0 Å². The maximum atomic E-state index is 4.17. The molecule has 0 fully saturated rings. The molecule has 0 saturated heterocycles. The first-order valence-corrected chi connectivity index (χ1v) is 8.23. The third-order valence-corrected chi connectivity index (χ3v) is 5.26. The van der Waals surface area contributed by atoms with E-state index in [0.717, 1.165) is 16.7 Å². The molecule has 5 heteroatoms. The van der Waals surface area contributed by atoms with Gasteiger partial charge in [0.1, 0.15) is 5.82 Å². The number of fused-ring (bicyclic) bond motifs is 2. The standard InChI is InChI=1S/C15H18N4S/c1-10-16-17-15-19(10)18-14(9-20-15)13-7-6-11-4-2-3-5-12(11)8-13/h6-8,14,18H,2-5,9H2,1H3. The maximum Gasteiger partial charge on any atom is 0.210 e. The predicted octanol–water partition coefficient (Wildman–Crippen LogP) is 2.86. The molecule has 0 amide bonds. The zero-order chi connectivity index (χ0) is 13.5. The first-order chi connectivity index (χ1) is 9.81. The monoisotopic (exact) mass is 286 g/mol. The molecule has 0 saturated carbocycles. The molecule has 1 atom stereocenters. The number of rotatable bonds is 1. The van der Waals surface area contributed by atoms with E-state index in [1.165, 1.54) is 31.2 Å². The van der Waals surface area contributed by atoms with Crippen LogP contribution in [0.5, 0.6) is 0 Å². The molecule has 2 heterocycles. The smallest absolute Gasteiger partial charge is 0.210 e. The van der Waals surface area contributed by atoms with Crippen LogP contribution < -0.4 is 5.43 Å². The van der Waals surface area contributed by atoms with Crippen molar-refractivity contribution in [1.82, 2.24) is 14.9 Å². The van der Waals surface area contributed by atoms with Crippen LogP contribution in [0.2, 0.25) is 0 Å². The van der Waals surface area contributed by atoms with Crippen molar-refractivity contribution in [2.75, 3.05) is 11.2 Å². The minimum Gasteiger partial charge on any atom is -0.314 e. The highest BCUT2D eigenvalue weighted by molar-refractivity contribution is 7.99. The minimum absolute atomic E-state index is 0.342. The number of nitrogens with one attached hydrogen (secondary N) is 1. The number of aryl methyl sites for hydroxylation is 3. The molecule has 4 rings (SSSR count). The minimum atomic E-state index is 0.342. The zero-order valence-corrected chi connectivity index (χ0v) is 12.4. The lowest BCUT2D eigenvalue weighted by Crippen LogP contribution is -2.28. The van der Waals surface area contributed by atoms with Crippen LogP contribution in [-0.4, -0.2) is 20.6 Å². The summed E-state index contributed by atoms with van der Waals surface area (Å²) in [5.41, 5.74) is 8.02. The fraction of sp³-hybridized carbons (Fsp3) is 0.467. The van der Waals surface area contributed by atoms with Crippen LogP contribution in [0.1, 0.15) is 41.4 Å². The van der Waals surface area contributed by atoms with Crippen LogP contribution in [0.3, 0.4) is 0 Å². The van der Waals surface area contributed by atoms with Gasteiger partial charge in [0, 0.05) is 5.75 Å². The largest absolute Gasteiger partial charge is 0.314 e. The van der Waals surface area contributed by atoms with Crippen molar-refractivity contribution in [3.63, 3.8) is 0 Å². The molecule has 1 aromatic heterocycles. The molecular formula is C15H18N4S. The van der Waals surface area contributed by atoms with Crippen molar-refractivity contribution in [3.8, 4) is 0 Å². The average molecular weight is 286 g/mol. The summed E-state index contributed by atoms with van der Waals surface area (Å²) >= 11 is 1.78. The van der Waals surface area contributed by atoms with Crippen LogP contribution >= 0.6 is 11.8 Å². The number of benzene rings is 1. The highest BCUT2D eigenvalue weighted by atomic mass is 32.2. The lowest BCUT2D eigenvalue weighted by molar-refractivity contribution is 0.641. The molecule has 0 bridgehead atoms. The van der Waals surface area contributed by atoms with Crippen LogP contribution in [0.15, 0.2) is 23.4 Å². The van der Waals surface area contributed by atoms with Gasteiger partial charge in [0.25, 0.3) is 0 Å².